The second kappa shape index (κ2) is 16.6. The van der Waals surface area contributed by atoms with Crippen LogP contribution in [0.4, 0.5) is 0 Å². The lowest BCUT2D eigenvalue weighted by atomic mass is 10.1. The van der Waals surface area contributed by atoms with E-state index in [1.807, 2.05) is 0 Å². The average Bonchev–Trinajstić information content (AvgIpc) is 2.59. The summed E-state index contributed by atoms with van der Waals surface area (Å²) in [5, 5.41) is 0. The van der Waals surface area contributed by atoms with Crippen molar-refractivity contribution >= 4 is 40.9 Å². The fourth-order valence-corrected chi connectivity index (χ4v) is 9.71. The standard InChI is InChI=1S/C16H36P.C4H9Cl2NO3S/c1-5-9-13-17(14-10-6-2,15-11-7-3)16-12-8-4;1-4(2,7(5)6)3-11(8,9)10/h5-16H2,1-4H3;3H2,1-2H3,(H,8,9,10)/q+1;. The van der Waals surface area contributed by atoms with Gasteiger partial charge in [0, 0.05) is 7.26 Å². The van der Waals surface area contributed by atoms with Crippen molar-refractivity contribution < 1.29 is 13.0 Å². The van der Waals surface area contributed by atoms with Crippen molar-refractivity contribution in [2.24, 2.45) is 0 Å². The summed E-state index contributed by atoms with van der Waals surface area (Å²) in [5.74, 6) is -0.507. The Morgan fingerprint density at radius 3 is 1.21 bits per heavy atom. The van der Waals surface area contributed by atoms with Crippen LogP contribution in [0, 0.1) is 0 Å². The van der Waals surface area contributed by atoms with Crippen LogP contribution in [0.15, 0.2) is 0 Å². The molecule has 4 nitrogen and oxygen atoms in total. The van der Waals surface area contributed by atoms with E-state index in [9.17, 15) is 8.42 Å². The summed E-state index contributed by atoms with van der Waals surface area (Å²) in [5.41, 5.74) is -0.989. The molecule has 0 unspecified atom stereocenters. The number of halogens is 2. The Labute approximate surface area is 186 Å². The summed E-state index contributed by atoms with van der Waals surface area (Å²) in [6.45, 7) is 12.4. The van der Waals surface area contributed by atoms with E-state index >= 15 is 0 Å². The van der Waals surface area contributed by atoms with Gasteiger partial charge in [0.1, 0.15) is 0 Å². The highest BCUT2D eigenvalue weighted by Gasteiger charge is 2.34. The lowest BCUT2D eigenvalue weighted by Crippen LogP contribution is -2.38. The van der Waals surface area contributed by atoms with Gasteiger partial charge in [-0.25, -0.2) is 0 Å². The van der Waals surface area contributed by atoms with Gasteiger partial charge in [0.05, 0.1) is 35.9 Å². The Morgan fingerprint density at radius 2 is 1.07 bits per heavy atom. The van der Waals surface area contributed by atoms with Crippen LogP contribution in [0.25, 0.3) is 0 Å². The second-order valence-corrected chi connectivity index (χ2v) is 15.2. The first kappa shape index (κ1) is 31.1. The number of hydrogen-bond donors (Lipinski definition) is 1. The van der Waals surface area contributed by atoms with Crippen molar-refractivity contribution in [1.82, 2.24) is 3.94 Å². The minimum absolute atomic E-state index is 0.507. The van der Waals surface area contributed by atoms with Crippen LogP contribution in [0.3, 0.4) is 0 Å². The molecule has 0 bridgehead atoms. The third kappa shape index (κ3) is 16.7. The zero-order chi connectivity index (χ0) is 22.3. The molecule has 8 heteroatoms. The summed E-state index contributed by atoms with van der Waals surface area (Å²) in [6.07, 6.45) is 17.9. The van der Waals surface area contributed by atoms with Gasteiger partial charge >= 0.3 is 0 Å². The Bertz CT molecular complexity index is 437. The summed E-state index contributed by atoms with van der Waals surface area (Å²) >= 11 is 10.6. The minimum atomic E-state index is -4.04. The van der Waals surface area contributed by atoms with Crippen LogP contribution < -0.4 is 0 Å². The lowest BCUT2D eigenvalue weighted by Gasteiger charge is -2.28. The van der Waals surface area contributed by atoms with Crippen LogP contribution >= 0.6 is 30.8 Å². The summed E-state index contributed by atoms with van der Waals surface area (Å²) < 4.78 is 29.9. The molecule has 0 atom stereocenters. The molecular weight excluding hydrogens is 436 g/mol. The Morgan fingerprint density at radius 1 is 0.786 bits per heavy atom. The smallest absolute Gasteiger partial charge is 0.266 e. The highest BCUT2D eigenvalue weighted by molar-refractivity contribution is 7.85. The van der Waals surface area contributed by atoms with Crippen LogP contribution in [0.5, 0.6) is 0 Å². The number of hydrogen-bond acceptors (Lipinski definition) is 3. The normalized spacial score (nSPS) is 12.8. The molecule has 28 heavy (non-hydrogen) atoms. The van der Waals surface area contributed by atoms with Crippen LogP contribution in [-0.4, -0.2) is 52.8 Å². The largest absolute Gasteiger partial charge is 0.285 e. The maximum Gasteiger partial charge on any atom is 0.266 e. The molecular formula is C20H45Cl2NO3PS+. The molecule has 0 fully saturated rings. The molecule has 0 rings (SSSR count). The first-order valence-electron chi connectivity index (χ1n) is 10.8. The summed E-state index contributed by atoms with van der Waals surface area (Å²) in [6, 6.07) is 0. The van der Waals surface area contributed by atoms with Crippen molar-refractivity contribution in [2.75, 3.05) is 30.4 Å². The fraction of sp³-hybridized carbons (Fsp3) is 1.00. The maximum atomic E-state index is 10.4. The minimum Gasteiger partial charge on any atom is -0.285 e. The summed E-state index contributed by atoms with van der Waals surface area (Å²) in [4.78, 5) is 0. The van der Waals surface area contributed by atoms with Gasteiger partial charge in [-0.1, -0.05) is 53.4 Å². The Hall–Kier alpha value is 0.880. The quantitative estimate of drug-likeness (QED) is 0.150. The van der Waals surface area contributed by atoms with E-state index in [1.54, 1.807) is 24.6 Å². The van der Waals surface area contributed by atoms with E-state index in [4.69, 9.17) is 28.1 Å². The predicted molar refractivity (Wildman–Crippen MR) is 130 cm³/mol. The topological polar surface area (TPSA) is 57.6 Å². The molecule has 0 aliphatic heterocycles. The lowest BCUT2D eigenvalue weighted by molar-refractivity contribution is 0.374. The van der Waals surface area contributed by atoms with Crippen LogP contribution in [0.2, 0.25) is 0 Å². The van der Waals surface area contributed by atoms with Gasteiger partial charge in [-0.3, -0.25) is 4.55 Å². The van der Waals surface area contributed by atoms with E-state index in [1.165, 1.54) is 65.2 Å². The fourth-order valence-electron chi connectivity index (χ4n) is 3.14. The molecule has 0 saturated heterocycles. The third-order valence-electron chi connectivity index (χ3n) is 4.94. The number of rotatable bonds is 15. The van der Waals surface area contributed by atoms with Crippen molar-refractivity contribution in [3.05, 3.63) is 0 Å². The molecule has 0 aliphatic carbocycles. The molecule has 0 spiro atoms. The van der Waals surface area contributed by atoms with Gasteiger partial charge in [0.2, 0.25) is 0 Å². The Balaban J connectivity index is 0. The van der Waals surface area contributed by atoms with Gasteiger partial charge in [-0.15, -0.1) is 3.94 Å². The number of nitrogens with zero attached hydrogens (tertiary/aromatic N) is 1. The van der Waals surface area contributed by atoms with Gasteiger partial charge < -0.3 is 0 Å². The third-order valence-corrected chi connectivity index (χ3v) is 12.0. The zero-order valence-electron chi connectivity index (χ0n) is 19.0. The molecule has 0 heterocycles. The zero-order valence-corrected chi connectivity index (χ0v) is 22.2. The molecule has 0 aromatic heterocycles. The van der Waals surface area contributed by atoms with Crippen molar-refractivity contribution in [3.8, 4) is 0 Å². The predicted octanol–water partition coefficient (Wildman–Crippen LogP) is 7.47. The summed E-state index contributed by atoms with van der Waals surface area (Å²) in [7, 11) is -4.60. The highest BCUT2D eigenvalue weighted by Crippen LogP contribution is 2.61. The van der Waals surface area contributed by atoms with Gasteiger partial charge in [-0.05, 0) is 63.1 Å². The first-order valence-corrected chi connectivity index (χ1v) is 15.6. The maximum absolute atomic E-state index is 10.4. The first-order chi connectivity index (χ1) is 12.9. The van der Waals surface area contributed by atoms with Crippen molar-refractivity contribution in [1.29, 1.82) is 0 Å². The number of unbranched alkanes of at least 4 members (excludes halogenated alkanes) is 4. The van der Waals surface area contributed by atoms with Gasteiger partial charge in [0.15, 0.2) is 0 Å². The molecule has 0 amide bonds. The van der Waals surface area contributed by atoms with E-state index in [2.05, 4.69) is 27.7 Å². The van der Waals surface area contributed by atoms with Gasteiger partial charge in [0.25, 0.3) is 10.1 Å². The van der Waals surface area contributed by atoms with Crippen LogP contribution in [-0.2, 0) is 10.1 Å². The Kier molecular flexibility index (Phi) is 18.4. The van der Waals surface area contributed by atoms with E-state index in [0.717, 1.165) is 0 Å². The molecule has 0 aliphatic rings. The molecule has 0 saturated carbocycles. The average molecular weight is 482 g/mol. The highest BCUT2D eigenvalue weighted by atomic mass is 35.5. The van der Waals surface area contributed by atoms with E-state index in [-0.39, 0.29) is 0 Å². The van der Waals surface area contributed by atoms with E-state index in [0.29, 0.717) is 3.94 Å². The SMILES string of the molecule is CC(C)(CS(=O)(=O)O)N(Cl)Cl.CCCC[P+](CCCC)(CCCC)CCCC. The van der Waals surface area contributed by atoms with Crippen molar-refractivity contribution in [2.45, 2.75) is 98.4 Å². The van der Waals surface area contributed by atoms with Crippen molar-refractivity contribution in [3.63, 3.8) is 0 Å². The molecule has 172 valence electrons. The molecule has 0 radical (unpaired) electrons. The van der Waals surface area contributed by atoms with E-state index < -0.39 is 28.7 Å². The second-order valence-electron chi connectivity index (χ2n) is 8.42. The van der Waals surface area contributed by atoms with Gasteiger partial charge in [-0.2, -0.15) is 8.42 Å². The molecule has 0 aromatic carbocycles. The monoisotopic (exact) mass is 480 g/mol. The molecule has 0 aromatic rings. The molecule has 1 N–H and O–H groups in total. The van der Waals surface area contributed by atoms with Crippen LogP contribution in [0.1, 0.15) is 92.9 Å².